The van der Waals surface area contributed by atoms with Gasteiger partial charge in [0.05, 0.1) is 25.2 Å². The molecule has 0 radical (unpaired) electrons. The highest BCUT2D eigenvalue weighted by Crippen LogP contribution is 2.22. The number of carbonyl (C=O) groups is 1. The Morgan fingerprint density at radius 2 is 2.00 bits per heavy atom. The van der Waals surface area contributed by atoms with Crippen LogP contribution in [-0.4, -0.2) is 23.7 Å². The maximum atomic E-state index is 11.7. The zero-order chi connectivity index (χ0) is 13.5. The Labute approximate surface area is 108 Å². The molecule has 0 fully saturated rings. The molecule has 1 rings (SSSR count). The SMILES string of the molecule is CC(C)OCCC(=O)Nc1ccccc1C(C)O. The second-order valence-electron chi connectivity index (χ2n) is 4.48. The Morgan fingerprint density at radius 3 is 2.61 bits per heavy atom. The molecule has 0 bridgehead atoms. The number of hydrogen-bond acceptors (Lipinski definition) is 3. The Morgan fingerprint density at radius 1 is 1.33 bits per heavy atom. The summed E-state index contributed by atoms with van der Waals surface area (Å²) in [5.41, 5.74) is 1.37. The molecule has 100 valence electrons. The normalized spacial score (nSPS) is 12.5. The van der Waals surface area contributed by atoms with Crippen molar-refractivity contribution < 1.29 is 14.6 Å². The van der Waals surface area contributed by atoms with Crippen LogP contribution < -0.4 is 5.32 Å². The van der Waals surface area contributed by atoms with E-state index in [1.54, 1.807) is 19.1 Å². The molecule has 4 nitrogen and oxygen atoms in total. The Kier molecular flexibility index (Phi) is 5.82. The van der Waals surface area contributed by atoms with E-state index in [0.717, 1.165) is 5.56 Å². The van der Waals surface area contributed by atoms with Crippen molar-refractivity contribution in [2.24, 2.45) is 0 Å². The number of para-hydroxylation sites is 1. The molecule has 4 heteroatoms. The van der Waals surface area contributed by atoms with Crippen molar-refractivity contribution in [2.75, 3.05) is 11.9 Å². The lowest BCUT2D eigenvalue weighted by molar-refractivity contribution is -0.117. The molecule has 0 saturated carbocycles. The Bertz CT molecular complexity index is 388. The summed E-state index contributed by atoms with van der Waals surface area (Å²) in [6.07, 6.45) is -0.164. The third-order valence-corrected chi connectivity index (χ3v) is 2.47. The average molecular weight is 251 g/mol. The van der Waals surface area contributed by atoms with Crippen molar-refractivity contribution in [3.63, 3.8) is 0 Å². The molecule has 1 amide bonds. The summed E-state index contributed by atoms with van der Waals surface area (Å²) in [6, 6.07) is 7.24. The minimum Gasteiger partial charge on any atom is -0.389 e. The maximum Gasteiger partial charge on any atom is 0.226 e. The van der Waals surface area contributed by atoms with Crippen LogP contribution in [0.4, 0.5) is 5.69 Å². The number of benzene rings is 1. The minimum absolute atomic E-state index is 0.108. The molecule has 1 aromatic carbocycles. The van der Waals surface area contributed by atoms with Gasteiger partial charge in [-0.1, -0.05) is 18.2 Å². The lowest BCUT2D eigenvalue weighted by Gasteiger charge is -2.13. The van der Waals surface area contributed by atoms with Gasteiger partial charge in [-0.2, -0.15) is 0 Å². The molecule has 1 atom stereocenters. The Balaban J connectivity index is 2.54. The molecule has 18 heavy (non-hydrogen) atoms. The van der Waals surface area contributed by atoms with Crippen molar-refractivity contribution in [1.29, 1.82) is 0 Å². The number of rotatable bonds is 6. The molecule has 1 unspecified atom stereocenters. The van der Waals surface area contributed by atoms with E-state index >= 15 is 0 Å². The summed E-state index contributed by atoms with van der Waals surface area (Å²) in [4.78, 5) is 11.7. The van der Waals surface area contributed by atoms with E-state index in [1.807, 2.05) is 26.0 Å². The molecule has 0 saturated heterocycles. The van der Waals surface area contributed by atoms with Gasteiger partial charge in [0, 0.05) is 11.3 Å². The van der Waals surface area contributed by atoms with Crippen LogP contribution >= 0.6 is 0 Å². The lowest BCUT2D eigenvalue weighted by Crippen LogP contribution is -2.17. The summed E-state index contributed by atoms with van der Waals surface area (Å²) in [7, 11) is 0. The fourth-order valence-electron chi connectivity index (χ4n) is 1.58. The number of anilines is 1. The first-order chi connectivity index (χ1) is 8.50. The quantitative estimate of drug-likeness (QED) is 0.816. The number of aliphatic hydroxyl groups excluding tert-OH is 1. The van der Waals surface area contributed by atoms with Gasteiger partial charge < -0.3 is 15.2 Å². The van der Waals surface area contributed by atoms with E-state index in [9.17, 15) is 9.90 Å². The molecule has 0 aliphatic carbocycles. The highest BCUT2D eigenvalue weighted by atomic mass is 16.5. The molecule has 0 aliphatic rings. The number of ether oxygens (including phenoxy) is 1. The largest absolute Gasteiger partial charge is 0.389 e. The molecule has 0 spiro atoms. The third-order valence-electron chi connectivity index (χ3n) is 2.47. The molecule has 0 aromatic heterocycles. The summed E-state index contributed by atoms with van der Waals surface area (Å²) in [5.74, 6) is -0.108. The van der Waals surface area contributed by atoms with Crippen LogP contribution in [0, 0.1) is 0 Å². The van der Waals surface area contributed by atoms with Crippen LogP contribution in [0.25, 0.3) is 0 Å². The molecule has 1 aromatic rings. The van der Waals surface area contributed by atoms with E-state index in [0.29, 0.717) is 18.7 Å². The lowest BCUT2D eigenvalue weighted by atomic mass is 10.1. The van der Waals surface area contributed by atoms with Crippen LogP contribution in [-0.2, 0) is 9.53 Å². The average Bonchev–Trinajstić information content (AvgIpc) is 2.28. The molecular formula is C14H21NO3. The predicted molar refractivity (Wildman–Crippen MR) is 71.4 cm³/mol. The van der Waals surface area contributed by atoms with Gasteiger partial charge in [-0.15, -0.1) is 0 Å². The summed E-state index contributed by atoms with van der Waals surface area (Å²) in [5, 5.41) is 12.4. The van der Waals surface area contributed by atoms with E-state index < -0.39 is 6.10 Å². The fraction of sp³-hybridized carbons (Fsp3) is 0.500. The second kappa shape index (κ2) is 7.13. The zero-order valence-corrected chi connectivity index (χ0v) is 11.1. The number of carbonyl (C=O) groups excluding carboxylic acids is 1. The van der Waals surface area contributed by atoms with Gasteiger partial charge in [0.1, 0.15) is 0 Å². The number of nitrogens with one attached hydrogen (secondary N) is 1. The van der Waals surface area contributed by atoms with Crippen LogP contribution in [0.2, 0.25) is 0 Å². The van der Waals surface area contributed by atoms with E-state index in [2.05, 4.69) is 5.32 Å². The van der Waals surface area contributed by atoms with Crippen LogP contribution in [0.15, 0.2) is 24.3 Å². The standard InChI is InChI=1S/C14H21NO3/c1-10(2)18-9-8-14(17)15-13-7-5-4-6-12(13)11(3)16/h4-7,10-11,16H,8-9H2,1-3H3,(H,15,17). The first-order valence-electron chi connectivity index (χ1n) is 6.19. The van der Waals surface area contributed by atoms with Crippen LogP contribution in [0.3, 0.4) is 0 Å². The monoisotopic (exact) mass is 251 g/mol. The van der Waals surface area contributed by atoms with Gasteiger partial charge in [-0.05, 0) is 26.8 Å². The van der Waals surface area contributed by atoms with Gasteiger partial charge >= 0.3 is 0 Å². The number of hydrogen-bond donors (Lipinski definition) is 2. The summed E-state index contributed by atoms with van der Waals surface area (Å²) >= 11 is 0. The van der Waals surface area contributed by atoms with Gasteiger partial charge in [0.2, 0.25) is 5.91 Å². The van der Waals surface area contributed by atoms with E-state index in [4.69, 9.17) is 4.74 Å². The highest BCUT2D eigenvalue weighted by molar-refractivity contribution is 5.91. The topological polar surface area (TPSA) is 58.6 Å². The van der Waals surface area contributed by atoms with E-state index in [-0.39, 0.29) is 12.0 Å². The second-order valence-corrected chi connectivity index (χ2v) is 4.48. The van der Waals surface area contributed by atoms with Crippen LogP contribution in [0.1, 0.15) is 38.9 Å². The first kappa shape index (κ1) is 14.7. The van der Waals surface area contributed by atoms with Gasteiger partial charge in [-0.25, -0.2) is 0 Å². The predicted octanol–water partition coefficient (Wildman–Crippen LogP) is 2.49. The number of aliphatic hydroxyl groups is 1. The molecule has 0 aliphatic heterocycles. The van der Waals surface area contributed by atoms with Crippen molar-refractivity contribution >= 4 is 11.6 Å². The van der Waals surface area contributed by atoms with Crippen molar-refractivity contribution in [1.82, 2.24) is 0 Å². The van der Waals surface area contributed by atoms with E-state index in [1.165, 1.54) is 0 Å². The smallest absolute Gasteiger partial charge is 0.226 e. The third kappa shape index (κ3) is 4.85. The van der Waals surface area contributed by atoms with Crippen molar-refractivity contribution in [2.45, 2.75) is 39.4 Å². The fourth-order valence-corrected chi connectivity index (χ4v) is 1.58. The molecule has 2 N–H and O–H groups in total. The van der Waals surface area contributed by atoms with Gasteiger partial charge in [0.15, 0.2) is 0 Å². The zero-order valence-electron chi connectivity index (χ0n) is 11.1. The van der Waals surface area contributed by atoms with Crippen molar-refractivity contribution in [3.8, 4) is 0 Å². The number of amides is 1. The van der Waals surface area contributed by atoms with Crippen molar-refractivity contribution in [3.05, 3.63) is 29.8 Å². The summed E-state index contributed by atoms with van der Waals surface area (Å²) < 4.78 is 5.32. The first-order valence-corrected chi connectivity index (χ1v) is 6.19. The summed E-state index contributed by atoms with van der Waals surface area (Å²) in [6.45, 7) is 5.94. The maximum absolute atomic E-state index is 11.7. The minimum atomic E-state index is -0.603. The molecular weight excluding hydrogens is 230 g/mol. The molecule has 0 heterocycles. The van der Waals surface area contributed by atoms with Gasteiger partial charge in [-0.3, -0.25) is 4.79 Å². The van der Waals surface area contributed by atoms with Gasteiger partial charge in [0.25, 0.3) is 0 Å². The Hall–Kier alpha value is -1.39. The highest BCUT2D eigenvalue weighted by Gasteiger charge is 2.10. The van der Waals surface area contributed by atoms with Crippen LogP contribution in [0.5, 0.6) is 0 Å².